The van der Waals surface area contributed by atoms with Crippen molar-refractivity contribution >= 4 is 0 Å². The molecule has 14 heavy (non-hydrogen) atoms. The molecule has 0 aromatic heterocycles. The molecule has 1 heterocycles. The minimum absolute atomic E-state index is 0.424. The Morgan fingerprint density at radius 2 is 2.14 bits per heavy atom. The van der Waals surface area contributed by atoms with E-state index in [9.17, 15) is 0 Å². The van der Waals surface area contributed by atoms with Crippen molar-refractivity contribution in [2.24, 2.45) is 11.1 Å². The highest BCUT2D eigenvalue weighted by Crippen LogP contribution is 2.28. The van der Waals surface area contributed by atoms with Crippen LogP contribution in [0.1, 0.15) is 52.4 Å². The minimum atomic E-state index is 0.424. The second-order valence-corrected chi connectivity index (χ2v) is 5.23. The Morgan fingerprint density at radius 1 is 1.36 bits per heavy atom. The topological polar surface area (TPSA) is 35.2 Å². The number of rotatable bonds is 6. The van der Waals surface area contributed by atoms with Gasteiger partial charge < -0.3 is 10.5 Å². The summed E-state index contributed by atoms with van der Waals surface area (Å²) in [5, 5.41) is 0. The molecular formula is C12H25NO. The van der Waals surface area contributed by atoms with Crippen LogP contribution in [-0.2, 0) is 4.74 Å². The molecule has 1 saturated heterocycles. The number of ether oxygens (including phenoxy) is 1. The van der Waals surface area contributed by atoms with Crippen molar-refractivity contribution in [3.05, 3.63) is 0 Å². The molecule has 2 nitrogen and oxygen atoms in total. The van der Waals surface area contributed by atoms with E-state index in [0.717, 1.165) is 19.6 Å². The first kappa shape index (κ1) is 12.0. The molecule has 0 amide bonds. The van der Waals surface area contributed by atoms with Crippen LogP contribution in [0.15, 0.2) is 0 Å². The summed E-state index contributed by atoms with van der Waals surface area (Å²) >= 11 is 0. The Labute approximate surface area is 88.2 Å². The van der Waals surface area contributed by atoms with Crippen molar-refractivity contribution in [3.63, 3.8) is 0 Å². The van der Waals surface area contributed by atoms with Gasteiger partial charge in [0.05, 0.1) is 6.10 Å². The molecule has 1 rings (SSSR count). The second kappa shape index (κ2) is 5.72. The van der Waals surface area contributed by atoms with Crippen LogP contribution in [0.3, 0.4) is 0 Å². The molecule has 1 fully saturated rings. The van der Waals surface area contributed by atoms with Gasteiger partial charge in [-0.05, 0) is 44.1 Å². The number of hydrogen-bond donors (Lipinski definition) is 1. The Bertz CT molecular complexity index is 150. The monoisotopic (exact) mass is 199 g/mol. The Kier molecular flexibility index (Phi) is 4.90. The molecule has 1 atom stereocenters. The first-order valence-electron chi connectivity index (χ1n) is 5.96. The molecule has 0 bridgehead atoms. The fraction of sp³-hybridized carbons (Fsp3) is 1.00. The van der Waals surface area contributed by atoms with E-state index >= 15 is 0 Å². The van der Waals surface area contributed by atoms with Gasteiger partial charge in [-0.2, -0.15) is 0 Å². The minimum Gasteiger partial charge on any atom is -0.378 e. The molecule has 84 valence electrons. The lowest BCUT2D eigenvalue weighted by molar-refractivity contribution is 0.0984. The Morgan fingerprint density at radius 3 is 2.71 bits per heavy atom. The highest BCUT2D eigenvalue weighted by molar-refractivity contribution is 4.71. The van der Waals surface area contributed by atoms with Crippen LogP contribution in [0, 0.1) is 5.41 Å². The van der Waals surface area contributed by atoms with Crippen molar-refractivity contribution in [2.75, 3.05) is 13.2 Å². The highest BCUT2D eigenvalue weighted by atomic mass is 16.5. The molecule has 0 radical (unpaired) electrons. The molecule has 0 aliphatic carbocycles. The summed E-state index contributed by atoms with van der Waals surface area (Å²) in [6.45, 7) is 6.43. The van der Waals surface area contributed by atoms with Crippen LogP contribution >= 0.6 is 0 Å². The molecular weight excluding hydrogens is 174 g/mol. The molecule has 2 heteroatoms. The van der Waals surface area contributed by atoms with E-state index < -0.39 is 0 Å². The molecule has 2 N–H and O–H groups in total. The standard InChI is InChI=1S/C12H25NO/c1-12(2,8-9-13)7-3-5-11-6-4-10-14-11/h11H,3-10,13H2,1-2H3. The molecule has 0 spiro atoms. The summed E-state index contributed by atoms with van der Waals surface area (Å²) in [6.07, 6.45) is 8.05. The van der Waals surface area contributed by atoms with E-state index in [1.54, 1.807) is 0 Å². The predicted octanol–water partition coefficient (Wildman–Crippen LogP) is 2.71. The van der Waals surface area contributed by atoms with Crippen molar-refractivity contribution in [3.8, 4) is 0 Å². The maximum absolute atomic E-state index is 5.60. The van der Waals surface area contributed by atoms with E-state index in [4.69, 9.17) is 10.5 Å². The molecule has 1 unspecified atom stereocenters. The van der Waals surface area contributed by atoms with Gasteiger partial charge in [0, 0.05) is 6.61 Å². The molecule has 0 aromatic rings. The van der Waals surface area contributed by atoms with E-state index in [0.29, 0.717) is 11.5 Å². The highest BCUT2D eigenvalue weighted by Gasteiger charge is 2.19. The third kappa shape index (κ3) is 4.43. The lowest BCUT2D eigenvalue weighted by atomic mass is 9.83. The van der Waals surface area contributed by atoms with Crippen LogP contribution < -0.4 is 5.73 Å². The largest absolute Gasteiger partial charge is 0.378 e. The van der Waals surface area contributed by atoms with Gasteiger partial charge in [0.1, 0.15) is 0 Å². The van der Waals surface area contributed by atoms with E-state index in [1.807, 2.05) is 0 Å². The quantitative estimate of drug-likeness (QED) is 0.714. The van der Waals surface area contributed by atoms with Gasteiger partial charge in [-0.15, -0.1) is 0 Å². The molecule has 0 aromatic carbocycles. The smallest absolute Gasteiger partial charge is 0.0576 e. The summed E-state index contributed by atoms with van der Waals surface area (Å²) in [5.41, 5.74) is 6.01. The van der Waals surface area contributed by atoms with Gasteiger partial charge in [0.15, 0.2) is 0 Å². The first-order valence-corrected chi connectivity index (χ1v) is 5.96. The Hall–Kier alpha value is -0.0800. The van der Waals surface area contributed by atoms with Gasteiger partial charge in [0.2, 0.25) is 0 Å². The van der Waals surface area contributed by atoms with Crippen LogP contribution in [0.2, 0.25) is 0 Å². The van der Waals surface area contributed by atoms with Crippen LogP contribution in [-0.4, -0.2) is 19.3 Å². The normalized spacial score (nSPS) is 22.9. The van der Waals surface area contributed by atoms with Crippen molar-refractivity contribution in [1.82, 2.24) is 0 Å². The van der Waals surface area contributed by atoms with E-state index in [-0.39, 0.29) is 0 Å². The molecule has 1 aliphatic rings. The van der Waals surface area contributed by atoms with Crippen LogP contribution in [0.25, 0.3) is 0 Å². The van der Waals surface area contributed by atoms with E-state index in [2.05, 4.69) is 13.8 Å². The average Bonchev–Trinajstić information content (AvgIpc) is 2.56. The van der Waals surface area contributed by atoms with Gasteiger partial charge in [-0.1, -0.05) is 20.3 Å². The predicted molar refractivity (Wildman–Crippen MR) is 60.3 cm³/mol. The summed E-state index contributed by atoms with van der Waals surface area (Å²) in [4.78, 5) is 0. The maximum Gasteiger partial charge on any atom is 0.0576 e. The number of hydrogen-bond acceptors (Lipinski definition) is 2. The van der Waals surface area contributed by atoms with E-state index in [1.165, 1.54) is 32.1 Å². The fourth-order valence-corrected chi connectivity index (χ4v) is 2.20. The van der Waals surface area contributed by atoms with Gasteiger partial charge in [0.25, 0.3) is 0 Å². The van der Waals surface area contributed by atoms with Crippen LogP contribution in [0.4, 0.5) is 0 Å². The lowest BCUT2D eigenvalue weighted by Gasteiger charge is -2.24. The summed E-state index contributed by atoms with van der Waals surface area (Å²) in [5.74, 6) is 0. The zero-order chi connectivity index (χ0) is 10.4. The third-order valence-electron chi connectivity index (χ3n) is 3.22. The van der Waals surface area contributed by atoms with Gasteiger partial charge in [-0.3, -0.25) is 0 Å². The Balaban J connectivity index is 2.07. The lowest BCUT2D eigenvalue weighted by Crippen LogP contribution is -2.17. The zero-order valence-electron chi connectivity index (χ0n) is 9.72. The van der Waals surface area contributed by atoms with Crippen molar-refractivity contribution < 1.29 is 4.74 Å². The molecule has 0 saturated carbocycles. The van der Waals surface area contributed by atoms with Crippen molar-refractivity contribution in [2.45, 2.75) is 58.5 Å². The molecule has 1 aliphatic heterocycles. The third-order valence-corrected chi connectivity index (χ3v) is 3.22. The fourth-order valence-electron chi connectivity index (χ4n) is 2.20. The second-order valence-electron chi connectivity index (χ2n) is 5.23. The maximum atomic E-state index is 5.60. The summed E-state index contributed by atoms with van der Waals surface area (Å²) in [6, 6.07) is 0. The SMILES string of the molecule is CC(C)(CCN)CCCC1CCCO1. The average molecular weight is 199 g/mol. The summed E-state index contributed by atoms with van der Waals surface area (Å²) in [7, 11) is 0. The van der Waals surface area contributed by atoms with Gasteiger partial charge in [-0.25, -0.2) is 0 Å². The summed E-state index contributed by atoms with van der Waals surface area (Å²) < 4.78 is 5.60. The zero-order valence-corrected chi connectivity index (χ0v) is 9.72. The first-order chi connectivity index (χ1) is 6.64. The van der Waals surface area contributed by atoms with Crippen LogP contribution in [0.5, 0.6) is 0 Å². The van der Waals surface area contributed by atoms with Crippen molar-refractivity contribution in [1.29, 1.82) is 0 Å². The number of nitrogens with two attached hydrogens (primary N) is 1. The van der Waals surface area contributed by atoms with Gasteiger partial charge >= 0.3 is 0 Å².